The number of imide groups is 1. The van der Waals surface area contributed by atoms with Gasteiger partial charge in [-0.15, -0.1) is 0 Å². The highest BCUT2D eigenvalue weighted by Gasteiger charge is 2.59. The second-order valence-corrected chi connectivity index (χ2v) is 7.59. The minimum absolute atomic E-state index is 0.103. The number of Topliss-reactive ketones (excluding diaryl/α,β-unsaturated/α-hetero) is 1. The lowest BCUT2D eigenvalue weighted by atomic mass is 9.85. The van der Waals surface area contributed by atoms with E-state index in [0.29, 0.717) is 17.0 Å². The fourth-order valence-corrected chi connectivity index (χ4v) is 4.73. The number of ketones is 1. The zero-order valence-corrected chi connectivity index (χ0v) is 15.2. The highest BCUT2D eigenvalue weighted by Crippen LogP contribution is 2.53. The molecule has 2 bridgehead atoms. The largest absolute Gasteiger partial charge is 0.485 e. The van der Waals surface area contributed by atoms with Gasteiger partial charge in [0.1, 0.15) is 5.75 Å². The Morgan fingerprint density at radius 3 is 2.29 bits per heavy atom. The van der Waals surface area contributed by atoms with Crippen LogP contribution in [-0.2, 0) is 9.59 Å². The summed E-state index contributed by atoms with van der Waals surface area (Å²) in [7, 11) is 0. The molecule has 5 heteroatoms. The molecule has 0 spiro atoms. The van der Waals surface area contributed by atoms with Crippen LogP contribution < -0.4 is 9.64 Å². The third-order valence-corrected chi connectivity index (χ3v) is 6.01. The number of allylic oxidation sites excluding steroid dienone is 2. The van der Waals surface area contributed by atoms with E-state index >= 15 is 0 Å². The quantitative estimate of drug-likeness (QED) is 0.458. The third-order valence-electron chi connectivity index (χ3n) is 6.01. The lowest BCUT2D eigenvalue weighted by Gasteiger charge is -2.18. The van der Waals surface area contributed by atoms with E-state index < -0.39 is 0 Å². The predicted molar refractivity (Wildman–Crippen MR) is 103 cm³/mol. The Morgan fingerprint density at radius 2 is 1.61 bits per heavy atom. The molecule has 140 valence electrons. The number of rotatable bonds is 5. The van der Waals surface area contributed by atoms with Gasteiger partial charge in [0.25, 0.3) is 0 Å². The van der Waals surface area contributed by atoms with Crippen LogP contribution in [0, 0.1) is 23.7 Å². The van der Waals surface area contributed by atoms with Gasteiger partial charge in [-0.1, -0.05) is 48.6 Å². The van der Waals surface area contributed by atoms with Crippen LogP contribution in [0.5, 0.6) is 5.75 Å². The van der Waals surface area contributed by atoms with Crippen molar-refractivity contribution < 1.29 is 19.1 Å². The first-order valence-corrected chi connectivity index (χ1v) is 9.51. The summed E-state index contributed by atoms with van der Waals surface area (Å²) in [4.78, 5) is 39.4. The van der Waals surface area contributed by atoms with Crippen molar-refractivity contribution in [2.45, 2.75) is 6.42 Å². The van der Waals surface area contributed by atoms with Crippen LogP contribution in [0.4, 0.5) is 5.69 Å². The highest BCUT2D eigenvalue weighted by molar-refractivity contribution is 6.22. The van der Waals surface area contributed by atoms with E-state index in [2.05, 4.69) is 12.2 Å². The Balaban J connectivity index is 1.33. The van der Waals surface area contributed by atoms with E-state index in [1.165, 1.54) is 4.90 Å². The van der Waals surface area contributed by atoms with Gasteiger partial charge >= 0.3 is 0 Å². The van der Waals surface area contributed by atoms with Crippen LogP contribution in [0.3, 0.4) is 0 Å². The molecule has 2 amide bonds. The number of ether oxygens (including phenoxy) is 1. The topological polar surface area (TPSA) is 63.7 Å². The van der Waals surface area contributed by atoms with Gasteiger partial charge in [-0.05, 0) is 30.4 Å². The van der Waals surface area contributed by atoms with E-state index in [4.69, 9.17) is 4.74 Å². The lowest BCUT2D eigenvalue weighted by Crippen LogP contribution is -2.32. The second kappa shape index (κ2) is 6.44. The smallest absolute Gasteiger partial charge is 0.238 e. The molecular formula is C23H19NO4. The fraction of sp³-hybridized carbons (Fsp3) is 0.261. The Bertz CT molecular complexity index is 967. The van der Waals surface area contributed by atoms with Crippen molar-refractivity contribution >= 4 is 23.3 Å². The molecule has 3 aliphatic rings. The van der Waals surface area contributed by atoms with Gasteiger partial charge in [0, 0.05) is 11.6 Å². The summed E-state index contributed by atoms with van der Waals surface area (Å²) in [6.45, 7) is -0.103. The zero-order valence-electron chi connectivity index (χ0n) is 15.2. The molecule has 2 fully saturated rings. The van der Waals surface area contributed by atoms with Gasteiger partial charge in [0.15, 0.2) is 12.4 Å². The molecule has 4 atom stereocenters. The van der Waals surface area contributed by atoms with Crippen LogP contribution >= 0.6 is 0 Å². The van der Waals surface area contributed by atoms with Crippen molar-refractivity contribution in [3.05, 3.63) is 72.3 Å². The molecule has 1 heterocycles. The fourth-order valence-electron chi connectivity index (χ4n) is 4.73. The Labute approximate surface area is 162 Å². The first kappa shape index (κ1) is 16.9. The predicted octanol–water partition coefficient (Wildman–Crippen LogP) is 3.26. The first-order valence-electron chi connectivity index (χ1n) is 9.51. The van der Waals surface area contributed by atoms with Crippen molar-refractivity contribution in [2.75, 3.05) is 11.5 Å². The average Bonchev–Trinajstić information content (AvgIpc) is 3.41. The summed E-state index contributed by atoms with van der Waals surface area (Å²) in [6, 6.07) is 15.8. The van der Waals surface area contributed by atoms with Crippen molar-refractivity contribution in [1.82, 2.24) is 0 Å². The Kier molecular flexibility index (Phi) is 3.90. The summed E-state index contributed by atoms with van der Waals surface area (Å²) in [6.07, 6.45) is 5.07. The molecule has 0 radical (unpaired) electrons. The average molecular weight is 373 g/mol. The second-order valence-electron chi connectivity index (χ2n) is 7.59. The molecule has 1 saturated carbocycles. The van der Waals surface area contributed by atoms with Crippen molar-refractivity contribution in [3.63, 3.8) is 0 Å². The summed E-state index contributed by atoms with van der Waals surface area (Å²) >= 11 is 0. The normalized spacial score (nSPS) is 27.4. The molecule has 0 N–H and O–H groups in total. The van der Waals surface area contributed by atoms with E-state index in [1.807, 2.05) is 6.07 Å². The summed E-state index contributed by atoms with van der Waals surface area (Å²) < 4.78 is 5.63. The van der Waals surface area contributed by atoms with Crippen LogP contribution in [0.2, 0.25) is 0 Å². The maximum atomic E-state index is 12.9. The number of amides is 2. The molecule has 2 aromatic rings. The number of hydrogen-bond donors (Lipinski definition) is 0. The molecular weight excluding hydrogens is 354 g/mol. The van der Waals surface area contributed by atoms with Gasteiger partial charge in [0.2, 0.25) is 11.8 Å². The molecule has 0 aromatic heterocycles. The van der Waals surface area contributed by atoms with E-state index in [1.54, 1.807) is 48.5 Å². The summed E-state index contributed by atoms with van der Waals surface area (Å²) in [5, 5.41) is 0. The maximum Gasteiger partial charge on any atom is 0.238 e. The monoisotopic (exact) mass is 373 g/mol. The third kappa shape index (κ3) is 2.58. The Morgan fingerprint density at radius 1 is 0.929 bits per heavy atom. The van der Waals surface area contributed by atoms with Crippen molar-refractivity contribution in [3.8, 4) is 5.75 Å². The summed E-state index contributed by atoms with van der Waals surface area (Å²) in [5.41, 5.74) is 1.09. The van der Waals surface area contributed by atoms with E-state index in [0.717, 1.165) is 6.42 Å². The molecule has 28 heavy (non-hydrogen) atoms. The molecule has 5 rings (SSSR count). The van der Waals surface area contributed by atoms with Crippen molar-refractivity contribution in [1.29, 1.82) is 0 Å². The number of carbonyl (C=O) groups excluding carboxylic acids is 3. The summed E-state index contributed by atoms with van der Waals surface area (Å²) in [5.74, 6) is -0.0111. The van der Waals surface area contributed by atoms with Crippen LogP contribution in [0.15, 0.2) is 66.7 Å². The molecule has 1 saturated heterocycles. The van der Waals surface area contributed by atoms with Crippen LogP contribution in [0.1, 0.15) is 16.8 Å². The van der Waals surface area contributed by atoms with Crippen LogP contribution in [-0.4, -0.2) is 24.2 Å². The Hall–Kier alpha value is -3.21. The van der Waals surface area contributed by atoms with Gasteiger partial charge in [-0.3, -0.25) is 14.4 Å². The number of anilines is 1. The molecule has 1 aliphatic heterocycles. The number of hydrogen-bond acceptors (Lipinski definition) is 4. The highest BCUT2D eigenvalue weighted by atomic mass is 16.5. The van der Waals surface area contributed by atoms with Crippen molar-refractivity contribution in [2.24, 2.45) is 23.7 Å². The molecule has 2 aromatic carbocycles. The maximum absolute atomic E-state index is 12.9. The zero-order chi connectivity index (χ0) is 19.3. The van der Waals surface area contributed by atoms with Gasteiger partial charge in [-0.2, -0.15) is 0 Å². The number of nitrogens with zero attached hydrogens (tertiary/aromatic N) is 1. The van der Waals surface area contributed by atoms with Gasteiger partial charge in [0.05, 0.1) is 17.5 Å². The van der Waals surface area contributed by atoms with Gasteiger partial charge in [-0.25, -0.2) is 4.90 Å². The number of carbonyl (C=O) groups is 3. The number of fused-ring (bicyclic) bond motifs is 5. The lowest BCUT2D eigenvalue weighted by molar-refractivity contribution is -0.123. The van der Waals surface area contributed by atoms with Crippen LogP contribution in [0.25, 0.3) is 0 Å². The van der Waals surface area contributed by atoms with E-state index in [-0.39, 0.29) is 47.9 Å². The SMILES string of the molecule is O=C(COc1cccc(N2C(=O)[C@@H]3[C@@H](C2=O)[C@H]2C=C[C@@H]3C2)c1)c1ccccc1. The minimum Gasteiger partial charge on any atom is -0.485 e. The minimum atomic E-state index is -0.230. The van der Waals surface area contributed by atoms with E-state index in [9.17, 15) is 14.4 Å². The molecule has 0 unspecified atom stereocenters. The molecule has 5 nitrogen and oxygen atoms in total. The van der Waals surface area contributed by atoms with Gasteiger partial charge < -0.3 is 4.74 Å². The number of benzene rings is 2. The first-order chi connectivity index (χ1) is 13.6. The molecule has 2 aliphatic carbocycles. The standard InChI is InChI=1S/C23H19NO4/c25-19(14-5-2-1-3-6-14)13-28-18-8-4-7-17(12-18)24-22(26)20-15-9-10-16(11-15)21(20)23(24)27/h1-10,12,15-16,20-21H,11,13H2/t15-,16+,20-,21-/m0/s1.